The monoisotopic (exact) mass is 352 g/mol. The van der Waals surface area contributed by atoms with Gasteiger partial charge in [-0.15, -0.1) is 0 Å². The zero-order valence-corrected chi connectivity index (χ0v) is 15.7. The maximum absolute atomic E-state index is 12.5. The van der Waals surface area contributed by atoms with E-state index in [1.807, 2.05) is 36.4 Å². The molecular weight excluding hydrogens is 324 g/mol. The van der Waals surface area contributed by atoms with Gasteiger partial charge in [0.05, 0.1) is 6.61 Å². The summed E-state index contributed by atoms with van der Waals surface area (Å²) in [6.07, 6.45) is 2.62. The fourth-order valence-corrected chi connectivity index (χ4v) is 3.56. The number of nitrogens with one attached hydrogen (secondary N) is 1. The Balaban J connectivity index is 1.59. The molecule has 1 fully saturated rings. The molecule has 1 aliphatic heterocycles. The molecule has 0 radical (unpaired) electrons. The molecule has 4 nitrogen and oxygen atoms in total. The van der Waals surface area contributed by atoms with Gasteiger partial charge >= 0.3 is 0 Å². The maximum Gasteiger partial charge on any atom is 0.255 e. The number of nitrogens with zero attached hydrogens (tertiary/aromatic N) is 1. The molecule has 2 aromatic carbocycles. The Bertz CT molecular complexity index is 727. The van der Waals surface area contributed by atoms with Crippen LogP contribution in [0.15, 0.2) is 48.5 Å². The lowest BCUT2D eigenvalue weighted by molar-refractivity contribution is 0.102. The summed E-state index contributed by atoms with van der Waals surface area (Å²) < 4.78 is 5.14. The third-order valence-electron chi connectivity index (χ3n) is 4.86. The zero-order valence-electron chi connectivity index (χ0n) is 15.7. The molecule has 1 N–H and O–H groups in total. The first-order valence-electron chi connectivity index (χ1n) is 9.34. The Hall–Kier alpha value is -2.17. The summed E-state index contributed by atoms with van der Waals surface area (Å²) in [7, 11) is 1.66. The van der Waals surface area contributed by atoms with Gasteiger partial charge in [-0.3, -0.25) is 9.69 Å². The van der Waals surface area contributed by atoms with Crippen LogP contribution < -0.4 is 5.32 Å². The Morgan fingerprint density at radius 2 is 2.00 bits per heavy atom. The van der Waals surface area contributed by atoms with Gasteiger partial charge in [-0.1, -0.05) is 31.2 Å². The van der Waals surface area contributed by atoms with E-state index in [9.17, 15) is 4.79 Å². The number of hydrogen-bond donors (Lipinski definition) is 1. The number of anilines is 1. The lowest BCUT2D eigenvalue weighted by atomic mass is 9.99. The first-order valence-corrected chi connectivity index (χ1v) is 9.34. The molecule has 0 spiro atoms. The molecule has 4 heteroatoms. The Morgan fingerprint density at radius 3 is 2.73 bits per heavy atom. The maximum atomic E-state index is 12.5. The molecule has 3 rings (SSSR count). The molecule has 0 unspecified atom stereocenters. The van der Waals surface area contributed by atoms with Gasteiger partial charge < -0.3 is 10.1 Å². The highest BCUT2D eigenvalue weighted by Gasteiger charge is 2.16. The van der Waals surface area contributed by atoms with Crippen LogP contribution in [0.1, 0.15) is 41.3 Å². The van der Waals surface area contributed by atoms with Gasteiger partial charge in [0.2, 0.25) is 0 Å². The fourth-order valence-electron chi connectivity index (χ4n) is 3.56. The van der Waals surface area contributed by atoms with Crippen LogP contribution in [-0.4, -0.2) is 31.0 Å². The number of amides is 1. The van der Waals surface area contributed by atoms with E-state index in [4.69, 9.17) is 4.74 Å². The largest absolute Gasteiger partial charge is 0.380 e. The Kier molecular flexibility index (Phi) is 6.42. The zero-order chi connectivity index (χ0) is 18.4. The Morgan fingerprint density at radius 1 is 1.19 bits per heavy atom. The second-order valence-corrected chi connectivity index (χ2v) is 7.27. The average molecular weight is 352 g/mol. The van der Waals surface area contributed by atoms with Gasteiger partial charge in [0, 0.05) is 31.5 Å². The molecule has 2 aromatic rings. The second-order valence-electron chi connectivity index (χ2n) is 7.27. The quantitative estimate of drug-likeness (QED) is 0.842. The molecule has 1 amide bonds. The highest BCUT2D eigenvalue weighted by atomic mass is 16.5. The van der Waals surface area contributed by atoms with Crippen molar-refractivity contribution in [2.24, 2.45) is 5.92 Å². The van der Waals surface area contributed by atoms with Crippen LogP contribution in [0.4, 0.5) is 5.69 Å². The van der Waals surface area contributed by atoms with Crippen LogP contribution >= 0.6 is 0 Å². The van der Waals surface area contributed by atoms with Crippen LogP contribution in [0.5, 0.6) is 0 Å². The summed E-state index contributed by atoms with van der Waals surface area (Å²) in [4.78, 5) is 15.0. The van der Waals surface area contributed by atoms with Gasteiger partial charge in [-0.05, 0) is 60.7 Å². The van der Waals surface area contributed by atoms with Gasteiger partial charge in [0.1, 0.15) is 0 Å². The summed E-state index contributed by atoms with van der Waals surface area (Å²) in [5.41, 5.74) is 3.77. The summed E-state index contributed by atoms with van der Waals surface area (Å²) in [5.74, 6) is 0.695. The SMILES string of the molecule is COCc1cccc(NC(=O)c2ccc(CN3CCC[C@H](C)C3)cc2)c1. The standard InChI is InChI=1S/C22H28N2O2/c1-17-5-4-12-24(14-17)15-18-8-10-20(11-9-18)22(25)23-21-7-3-6-19(13-21)16-26-2/h3,6-11,13,17H,4-5,12,14-16H2,1-2H3,(H,23,25)/t17-/m0/s1. The molecule has 26 heavy (non-hydrogen) atoms. The van der Waals surface area contributed by atoms with Crippen LogP contribution in [0, 0.1) is 5.92 Å². The third-order valence-corrected chi connectivity index (χ3v) is 4.86. The molecule has 0 bridgehead atoms. The smallest absolute Gasteiger partial charge is 0.255 e. The Labute approximate surface area is 156 Å². The van der Waals surface area contributed by atoms with E-state index in [0.717, 1.165) is 23.7 Å². The highest BCUT2D eigenvalue weighted by Crippen LogP contribution is 2.18. The third kappa shape index (κ3) is 5.16. The van der Waals surface area contributed by atoms with Crippen molar-refractivity contribution in [1.82, 2.24) is 4.90 Å². The predicted molar refractivity (Wildman–Crippen MR) is 105 cm³/mol. The van der Waals surface area contributed by atoms with Gasteiger partial charge in [-0.25, -0.2) is 0 Å². The fraction of sp³-hybridized carbons (Fsp3) is 0.409. The van der Waals surface area contributed by atoms with Crippen molar-refractivity contribution in [3.8, 4) is 0 Å². The average Bonchev–Trinajstić information content (AvgIpc) is 2.63. The van der Waals surface area contributed by atoms with Crippen molar-refractivity contribution in [3.63, 3.8) is 0 Å². The van der Waals surface area contributed by atoms with E-state index in [-0.39, 0.29) is 5.91 Å². The number of ether oxygens (including phenoxy) is 1. The predicted octanol–water partition coefficient (Wildman–Crippen LogP) is 4.32. The molecule has 1 saturated heterocycles. The summed E-state index contributed by atoms with van der Waals surface area (Å²) >= 11 is 0. The van der Waals surface area contributed by atoms with E-state index >= 15 is 0 Å². The number of piperidine rings is 1. The van der Waals surface area contributed by atoms with E-state index in [1.54, 1.807) is 7.11 Å². The lowest BCUT2D eigenvalue weighted by Gasteiger charge is -2.30. The minimum Gasteiger partial charge on any atom is -0.380 e. The van der Waals surface area contributed by atoms with Crippen LogP contribution in [0.25, 0.3) is 0 Å². The molecule has 0 aromatic heterocycles. The van der Waals surface area contributed by atoms with E-state index in [0.29, 0.717) is 12.2 Å². The summed E-state index contributed by atoms with van der Waals surface area (Å²) in [6.45, 7) is 6.16. The number of rotatable bonds is 6. The summed E-state index contributed by atoms with van der Waals surface area (Å²) in [6, 6.07) is 15.7. The lowest BCUT2D eigenvalue weighted by Crippen LogP contribution is -2.33. The van der Waals surface area contributed by atoms with Crippen molar-refractivity contribution in [3.05, 3.63) is 65.2 Å². The van der Waals surface area contributed by atoms with Gasteiger partial charge in [0.25, 0.3) is 5.91 Å². The molecule has 0 aliphatic carbocycles. The van der Waals surface area contributed by atoms with Crippen molar-refractivity contribution >= 4 is 11.6 Å². The molecule has 138 valence electrons. The minimum absolute atomic E-state index is 0.0855. The topological polar surface area (TPSA) is 41.6 Å². The molecule has 1 heterocycles. The number of benzene rings is 2. The van der Waals surface area contributed by atoms with E-state index in [2.05, 4.69) is 29.3 Å². The number of likely N-dealkylation sites (tertiary alicyclic amines) is 1. The molecule has 1 atom stereocenters. The minimum atomic E-state index is -0.0855. The van der Waals surface area contributed by atoms with Gasteiger partial charge in [-0.2, -0.15) is 0 Å². The van der Waals surface area contributed by atoms with Gasteiger partial charge in [0.15, 0.2) is 0 Å². The number of hydrogen-bond acceptors (Lipinski definition) is 3. The number of methoxy groups -OCH3 is 1. The van der Waals surface area contributed by atoms with Crippen molar-refractivity contribution in [2.75, 3.05) is 25.5 Å². The van der Waals surface area contributed by atoms with Crippen LogP contribution in [0.3, 0.4) is 0 Å². The van der Waals surface area contributed by atoms with E-state index < -0.39 is 0 Å². The van der Waals surface area contributed by atoms with E-state index in [1.165, 1.54) is 31.5 Å². The first kappa shape index (κ1) is 18.6. The van der Waals surface area contributed by atoms with Crippen LogP contribution in [-0.2, 0) is 17.9 Å². The van der Waals surface area contributed by atoms with Crippen molar-refractivity contribution in [1.29, 1.82) is 0 Å². The molecule has 1 aliphatic rings. The number of carbonyl (C=O) groups excluding carboxylic acids is 1. The highest BCUT2D eigenvalue weighted by molar-refractivity contribution is 6.04. The van der Waals surface area contributed by atoms with Crippen LogP contribution in [0.2, 0.25) is 0 Å². The number of carbonyl (C=O) groups is 1. The first-order chi connectivity index (χ1) is 12.6. The van der Waals surface area contributed by atoms with Crippen molar-refractivity contribution in [2.45, 2.75) is 32.9 Å². The molecular formula is C22H28N2O2. The van der Waals surface area contributed by atoms with Crippen molar-refractivity contribution < 1.29 is 9.53 Å². The molecule has 0 saturated carbocycles. The summed E-state index contributed by atoms with van der Waals surface area (Å²) in [5, 5.41) is 2.96. The normalized spacial score (nSPS) is 17.8. The second kappa shape index (κ2) is 8.97.